The van der Waals surface area contributed by atoms with Crippen molar-refractivity contribution in [1.29, 1.82) is 0 Å². The van der Waals surface area contributed by atoms with Crippen LogP contribution in [0.3, 0.4) is 0 Å². The number of hydrogen-bond donors (Lipinski definition) is 0. The second kappa shape index (κ2) is 11.0. The Morgan fingerprint density at radius 1 is 0.429 bits per heavy atom. The zero-order valence-corrected chi connectivity index (χ0v) is 25.7. The summed E-state index contributed by atoms with van der Waals surface area (Å²) in [5.74, 6) is 0. The fourth-order valence-electron chi connectivity index (χ4n) is 6.60. The second-order valence-corrected chi connectivity index (χ2v) is 11.7. The number of hydrogen-bond acceptors (Lipinski definition) is 3. The van der Waals surface area contributed by atoms with Gasteiger partial charge in [0, 0.05) is 32.9 Å². The van der Waals surface area contributed by atoms with Gasteiger partial charge in [-0.15, -0.1) is 0 Å². The molecule has 230 valence electrons. The first-order valence-corrected chi connectivity index (χ1v) is 15.7. The Morgan fingerprint density at radius 3 is 1.96 bits per heavy atom. The van der Waals surface area contributed by atoms with Crippen LogP contribution in [0, 0.1) is 0 Å². The van der Waals surface area contributed by atoms with E-state index >= 15 is 0 Å². The lowest BCUT2D eigenvalue weighted by atomic mass is 9.98. The van der Waals surface area contributed by atoms with Gasteiger partial charge in [-0.25, -0.2) is 0 Å². The lowest BCUT2D eigenvalue weighted by molar-refractivity contribution is 0.669. The minimum Gasteiger partial charge on any atom is -0.456 e. The predicted octanol–water partition coefficient (Wildman–Crippen LogP) is 13.4. The number of furan rings is 2. The summed E-state index contributed by atoms with van der Waals surface area (Å²) in [5.41, 5.74) is 5.63. The van der Waals surface area contributed by atoms with Crippen LogP contribution in [0.2, 0.25) is 0 Å². The van der Waals surface area contributed by atoms with Crippen LogP contribution in [0.25, 0.3) is 76.9 Å². The Hall–Kier alpha value is -6.58. The van der Waals surface area contributed by atoms with Crippen molar-refractivity contribution in [2.45, 2.75) is 0 Å². The van der Waals surface area contributed by atoms with Crippen molar-refractivity contribution in [2.75, 3.05) is 4.90 Å². The molecule has 49 heavy (non-hydrogen) atoms. The molecular formula is C46H29NO2. The number of anilines is 3. The zero-order chi connectivity index (χ0) is 41.9. The molecule has 0 spiro atoms. The SMILES string of the molecule is [2H]c1cc2oc3c([2H])c([2H])c4cc(-c5ccc(N(c6ccc(-c7c([2H])c([2H])c([2H])c([2H])c7[2H])cc6)c6cccc7c6oc6ccccc67)cc5)cc([2H])c4c3c2c([2H])c1[2H]. The number of benzene rings is 8. The van der Waals surface area contributed by atoms with E-state index in [9.17, 15) is 1.37 Å². The van der Waals surface area contributed by atoms with Gasteiger partial charge >= 0.3 is 0 Å². The first-order valence-electron chi connectivity index (χ1n) is 21.2. The quantitative estimate of drug-likeness (QED) is 0.188. The van der Waals surface area contributed by atoms with Crippen LogP contribution in [0.5, 0.6) is 0 Å². The predicted molar refractivity (Wildman–Crippen MR) is 204 cm³/mol. The van der Waals surface area contributed by atoms with Gasteiger partial charge in [0.2, 0.25) is 0 Å². The Labute approximate surface area is 298 Å². The summed E-state index contributed by atoms with van der Waals surface area (Å²) in [6, 6.07) is 30.2. The van der Waals surface area contributed by atoms with Gasteiger partial charge in [0.25, 0.3) is 0 Å². The van der Waals surface area contributed by atoms with Gasteiger partial charge in [-0.2, -0.15) is 0 Å². The van der Waals surface area contributed by atoms with E-state index < -0.39 is 18.1 Å². The van der Waals surface area contributed by atoms with E-state index in [1.165, 1.54) is 6.07 Å². The van der Waals surface area contributed by atoms with Crippen molar-refractivity contribution >= 4 is 71.7 Å². The average Bonchev–Trinajstić information content (AvgIpc) is 3.83. The van der Waals surface area contributed by atoms with Gasteiger partial charge in [-0.05, 0) is 87.6 Å². The maximum atomic E-state index is 9.18. The van der Waals surface area contributed by atoms with E-state index in [-0.39, 0.29) is 70.5 Å². The minimum atomic E-state index is -0.457. The van der Waals surface area contributed by atoms with E-state index in [1.54, 1.807) is 24.3 Å². The van der Waals surface area contributed by atoms with E-state index in [0.29, 0.717) is 38.6 Å². The Kier molecular flexibility index (Phi) is 4.19. The van der Waals surface area contributed by atoms with Gasteiger partial charge in [0.05, 0.1) is 20.8 Å². The molecule has 0 saturated heterocycles. The number of fused-ring (bicyclic) bond motifs is 8. The smallest absolute Gasteiger partial charge is 0.159 e. The molecule has 0 aliphatic carbocycles. The molecule has 2 aromatic heterocycles. The number of nitrogens with zero attached hydrogens (tertiary/aromatic N) is 1. The van der Waals surface area contributed by atoms with Gasteiger partial charge in [-0.3, -0.25) is 0 Å². The molecule has 0 bridgehead atoms. The monoisotopic (exact) mass is 638 g/mol. The number of para-hydroxylation sites is 3. The summed E-state index contributed by atoms with van der Waals surface area (Å²) in [6.07, 6.45) is 0. The summed E-state index contributed by atoms with van der Waals surface area (Å²) < 4.78 is 106. The summed E-state index contributed by atoms with van der Waals surface area (Å²) in [6.45, 7) is 0. The molecule has 0 saturated carbocycles. The molecule has 8 aromatic carbocycles. The third kappa shape index (κ3) is 4.51. The molecule has 0 atom stereocenters. The molecule has 0 fully saturated rings. The first-order chi connectivity index (χ1) is 28.8. The van der Waals surface area contributed by atoms with Crippen LogP contribution in [0.1, 0.15) is 15.1 Å². The van der Waals surface area contributed by atoms with Crippen molar-refractivity contribution < 1.29 is 23.9 Å². The normalized spacial score (nSPS) is 14.8. The lowest BCUT2D eigenvalue weighted by Gasteiger charge is -2.26. The molecule has 3 heteroatoms. The maximum Gasteiger partial charge on any atom is 0.159 e. The number of rotatable bonds is 5. The van der Waals surface area contributed by atoms with Gasteiger partial charge in [0.1, 0.15) is 16.7 Å². The van der Waals surface area contributed by atoms with Crippen molar-refractivity contribution in [3.8, 4) is 22.3 Å². The Bertz CT molecular complexity index is 3420. The molecule has 10 aromatic rings. The van der Waals surface area contributed by atoms with E-state index in [0.717, 1.165) is 33.3 Å². The van der Waals surface area contributed by atoms with Crippen LogP contribution in [-0.4, -0.2) is 0 Å². The van der Waals surface area contributed by atoms with E-state index in [4.69, 9.17) is 22.5 Å². The summed E-state index contributed by atoms with van der Waals surface area (Å²) in [5, 5.41) is 3.05. The summed E-state index contributed by atoms with van der Waals surface area (Å²) in [7, 11) is 0. The molecule has 0 amide bonds. The highest BCUT2D eigenvalue weighted by Gasteiger charge is 2.20. The van der Waals surface area contributed by atoms with Crippen LogP contribution in [0.4, 0.5) is 17.1 Å². The van der Waals surface area contributed by atoms with Gasteiger partial charge < -0.3 is 13.7 Å². The first kappa shape index (κ1) is 18.7. The van der Waals surface area contributed by atoms with Crippen molar-refractivity contribution in [2.24, 2.45) is 0 Å². The van der Waals surface area contributed by atoms with E-state index in [1.807, 2.05) is 83.8 Å². The Balaban J connectivity index is 1.12. The highest BCUT2D eigenvalue weighted by Crippen LogP contribution is 2.43. The Morgan fingerprint density at radius 2 is 1.14 bits per heavy atom. The van der Waals surface area contributed by atoms with E-state index in [2.05, 4.69) is 0 Å². The van der Waals surface area contributed by atoms with Crippen LogP contribution < -0.4 is 4.90 Å². The maximum absolute atomic E-state index is 9.18. The molecule has 0 unspecified atom stereocenters. The van der Waals surface area contributed by atoms with Crippen LogP contribution in [0.15, 0.2) is 184 Å². The topological polar surface area (TPSA) is 29.5 Å². The highest BCUT2D eigenvalue weighted by atomic mass is 16.3. The van der Waals surface area contributed by atoms with Crippen molar-refractivity contribution in [3.05, 3.63) is 176 Å². The molecular weight excluding hydrogens is 599 g/mol. The zero-order valence-electron chi connectivity index (χ0n) is 36.7. The van der Waals surface area contributed by atoms with Gasteiger partial charge in [-0.1, -0.05) is 121 Å². The molecule has 0 radical (unpaired) electrons. The molecule has 0 N–H and O–H groups in total. The molecule has 0 aliphatic heterocycles. The van der Waals surface area contributed by atoms with Crippen LogP contribution in [-0.2, 0) is 0 Å². The van der Waals surface area contributed by atoms with Crippen LogP contribution >= 0.6 is 0 Å². The lowest BCUT2D eigenvalue weighted by Crippen LogP contribution is -2.10. The van der Waals surface area contributed by atoms with Crippen molar-refractivity contribution in [3.63, 3.8) is 0 Å². The largest absolute Gasteiger partial charge is 0.456 e. The molecule has 0 aliphatic rings. The summed E-state index contributed by atoms with van der Waals surface area (Å²) in [4.78, 5) is 2.01. The summed E-state index contributed by atoms with van der Waals surface area (Å²) >= 11 is 0. The highest BCUT2D eigenvalue weighted by molar-refractivity contribution is 6.19. The standard InChI is InChI=1S/C46H29NO2/c1-2-9-30(10-3-1)31-17-23-35(24-18-31)47(41-14-8-13-39-38-11-4-6-15-42(38)49-46(39)41)36-25-19-32(20-26-36)33-21-27-37-34(29-33)22-28-44-45(37)40-12-5-7-16-43(40)48-44/h1-29H/i1D,2D,3D,5D,7D,9D,10D,12D,22D,27D,28D. The van der Waals surface area contributed by atoms with Gasteiger partial charge in [0.15, 0.2) is 5.58 Å². The minimum absolute atomic E-state index is 0.0347. The fourth-order valence-corrected chi connectivity index (χ4v) is 6.60. The average molecular weight is 639 g/mol. The third-order valence-corrected chi connectivity index (χ3v) is 8.90. The molecule has 10 rings (SSSR count). The third-order valence-electron chi connectivity index (χ3n) is 8.90. The fraction of sp³-hybridized carbons (Fsp3) is 0. The molecule has 3 nitrogen and oxygen atoms in total. The molecule has 2 heterocycles. The second-order valence-electron chi connectivity index (χ2n) is 11.7. The van der Waals surface area contributed by atoms with Crippen molar-refractivity contribution in [1.82, 2.24) is 0 Å².